The first-order chi connectivity index (χ1) is 11.7. The smallest absolute Gasteiger partial charge is 0.251 e. The van der Waals surface area contributed by atoms with Gasteiger partial charge in [-0.2, -0.15) is 0 Å². The van der Waals surface area contributed by atoms with Gasteiger partial charge in [-0.15, -0.1) is 0 Å². The van der Waals surface area contributed by atoms with Crippen molar-refractivity contribution >= 4 is 5.91 Å². The van der Waals surface area contributed by atoms with Gasteiger partial charge in [0.1, 0.15) is 11.5 Å². The molecule has 1 aromatic carbocycles. The van der Waals surface area contributed by atoms with Gasteiger partial charge in [0.25, 0.3) is 5.91 Å². The summed E-state index contributed by atoms with van der Waals surface area (Å²) in [6.07, 6.45) is 3.20. The zero-order valence-electron chi connectivity index (χ0n) is 14.1. The van der Waals surface area contributed by atoms with Crippen LogP contribution in [0.3, 0.4) is 0 Å². The Kier molecular flexibility index (Phi) is 4.29. The van der Waals surface area contributed by atoms with E-state index < -0.39 is 0 Å². The normalized spacial score (nSPS) is 26.5. The van der Waals surface area contributed by atoms with Crippen LogP contribution in [0, 0.1) is 0 Å². The quantitative estimate of drug-likeness (QED) is 0.920. The van der Waals surface area contributed by atoms with Crippen LogP contribution in [0.2, 0.25) is 0 Å². The molecule has 0 aliphatic carbocycles. The highest BCUT2D eigenvalue weighted by molar-refractivity contribution is 5.94. The molecular formula is C19H24N2O3. The van der Waals surface area contributed by atoms with Crippen LogP contribution in [0.4, 0.5) is 0 Å². The first-order valence-corrected chi connectivity index (χ1v) is 8.80. The van der Waals surface area contributed by atoms with E-state index in [0.717, 1.165) is 31.0 Å². The number of hydrogen-bond donors (Lipinski definition) is 1. The van der Waals surface area contributed by atoms with Crippen LogP contribution < -0.4 is 10.1 Å². The maximum atomic E-state index is 12.6. The fourth-order valence-corrected chi connectivity index (χ4v) is 3.85. The third-order valence-electron chi connectivity index (χ3n) is 5.25. The summed E-state index contributed by atoms with van der Waals surface area (Å²) in [7, 11) is 0. The van der Waals surface area contributed by atoms with E-state index in [2.05, 4.69) is 10.2 Å². The standard InChI is InChI=1S/C19H24N2O3/c1-13-17(9-14-5-2-3-7-18(14)24-13)19(22)20-10-16-11-21-8-4-6-15(21)12-23-16/h2-3,5,7,15-16H,4,6,8-12H2,1H3,(H,20,22). The Morgan fingerprint density at radius 2 is 2.25 bits per heavy atom. The van der Waals surface area contributed by atoms with Gasteiger partial charge in [-0.1, -0.05) is 18.2 Å². The van der Waals surface area contributed by atoms with Crippen LogP contribution in [0.1, 0.15) is 25.3 Å². The number of nitrogens with zero attached hydrogens (tertiary/aromatic N) is 1. The molecular weight excluding hydrogens is 304 g/mol. The molecule has 2 saturated heterocycles. The van der Waals surface area contributed by atoms with Gasteiger partial charge in [0, 0.05) is 25.6 Å². The van der Waals surface area contributed by atoms with Crippen molar-refractivity contribution in [1.29, 1.82) is 0 Å². The fourth-order valence-electron chi connectivity index (χ4n) is 3.85. The molecule has 1 N–H and O–H groups in total. The lowest BCUT2D eigenvalue weighted by Gasteiger charge is -2.35. The largest absolute Gasteiger partial charge is 0.461 e. The summed E-state index contributed by atoms with van der Waals surface area (Å²) in [5.74, 6) is 1.49. The molecule has 1 aromatic rings. The molecule has 3 aliphatic rings. The summed E-state index contributed by atoms with van der Waals surface area (Å²) in [6.45, 7) is 5.28. The number of para-hydroxylation sites is 1. The molecule has 24 heavy (non-hydrogen) atoms. The molecule has 4 rings (SSSR count). The Labute approximate surface area is 142 Å². The van der Waals surface area contributed by atoms with E-state index in [1.165, 1.54) is 12.8 Å². The summed E-state index contributed by atoms with van der Waals surface area (Å²) in [5, 5.41) is 3.03. The Morgan fingerprint density at radius 1 is 1.38 bits per heavy atom. The molecule has 0 aromatic heterocycles. The minimum atomic E-state index is -0.0471. The fraction of sp³-hybridized carbons (Fsp3) is 0.526. The Bertz CT molecular complexity index is 670. The predicted octanol–water partition coefficient (Wildman–Crippen LogP) is 1.87. The van der Waals surface area contributed by atoms with Gasteiger partial charge in [0.05, 0.1) is 18.3 Å². The molecule has 2 atom stereocenters. The number of fused-ring (bicyclic) bond motifs is 2. The van der Waals surface area contributed by atoms with E-state index >= 15 is 0 Å². The van der Waals surface area contributed by atoms with E-state index in [4.69, 9.17) is 9.47 Å². The number of ether oxygens (including phenoxy) is 2. The summed E-state index contributed by atoms with van der Waals surface area (Å²) < 4.78 is 11.7. The van der Waals surface area contributed by atoms with Crippen LogP contribution in [-0.2, 0) is 16.0 Å². The maximum Gasteiger partial charge on any atom is 0.251 e. The molecule has 2 unspecified atom stereocenters. The Morgan fingerprint density at radius 3 is 3.17 bits per heavy atom. The first kappa shape index (κ1) is 15.7. The number of rotatable bonds is 3. The molecule has 0 spiro atoms. The lowest BCUT2D eigenvalue weighted by molar-refractivity contribution is -0.119. The number of benzene rings is 1. The third kappa shape index (κ3) is 3.06. The molecule has 2 fully saturated rings. The van der Waals surface area contributed by atoms with Crippen molar-refractivity contribution in [3.63, 3.8) is 0 Å². The van der Waals surface area contributed by atoms with Crippen molar-refractivity contribution in [3.05, 3.63) is 41.2 Å². The van der Waals surface area contributed by atoms with Crippen LogP contribution in [0.5, 0.6) is 5.75 Å². The number of nitrogens with one attached hydrogen (secondary N) is 1. The summed E-state index contributed by atoms with van der Waals surface area (Å²) in [5.41, 5.74) is 1.77. The van der Waals surface area contributed by atoms with Crippen molar-refractivity contribution < 1.29 is 14.3 Å². The minimum Gasteiger partial charge on any atom is -0.461 e. The monoisotopic (exact) mass is 328 g/mol. The number of allylic oxidation sites excluding steroid dienone is 1. The molecule has 0 bridgehead atoms. The van der Waals surface area contributed by atoms with Gasteiger partial charge in [-0.25, -0.2) is 0 Å². The lowest BCUT2D eigenvalue weighted by Crippen LogP contribution is -2.50. The second-order valence-electron chi connectivity index (χ2n) is 6.88. The van der Waals surface area contributed by atoms with Gasteiger partial charge >= 0.3 is 0 Å². The predicted molar refractivity (Wildman–Crippen MR) is 90.8 cm³/mol. The highest BCUT2D eigenvalue weighted by Crippen LogP contribution is 2.29. The van der Waals surface area contributed by atoms with Gasteiger partial charge in [0.2, 0.25) is 0 Å². The molecule has 3 aliphatic heterocycles. The van der Waals surface area contributed by atoms with Crippen LogP contribution >= 0.6 is 0 Å². The van der Waals surface area contributed by atoms with E-state index in [0.29, 0.717) is 30.3 Å². The average molecular weight is 328 g/mol. The van der Waals surface area contributed by atoms with Crippen molar-refractivity contribution in [2.75, 3.05) is 26.2 Å². The summed E-state index contributed by atoms with van der Waals surface area (Å²) in [4.78, 5) is 15.1. The molecule has 5 heteroatoms. The van der Waals surface area contributed by atoms with Gasteiger partial charge < -0.3 is 14.8 Å². The third-order valence-corrected chi connectivity index (χ3v) is 5.25. The maximum absolute atomic E-state index is 12.6. The zero-order valence-corrected chi connectivity index (χ0v) is 14.1. The first-order valence-electron chi connectivity index (χ1n) is 8.80. The van der Waals surface area contributed by atoms with Crippen LogP contribution in [0.25, 0.3) is 0 Å². The van der Waals surface area contributed by atoms with Crippen molar-refractivity contribution in [3.8, 4) is 5.75 Å². The van der Waals surface area contributed by atoms with Crippen molar-refractivity contribution in [2.24, 2.45) is 0 Å². The molecule has 1 amide bonds. The Hall–Kier alpha value is -1.85. The van der Waals surface area contributed by atoms with Gasteiger partial charge in [-0.05, 0) is 37.9 Å². The van der Waals surface area contributed by atoms with Crippen molar-refractivity contribution in [1.82, 2.24) is 10.2 Å². The number of morpholine rings is 1. The van der Waals surface area contributed by atoms with Crippen molar-refractivity contribution in [2.45, 2.75) is 38.3 Å². The second kappa shape index (κ2) is 6.57. The number of amides is 1. The molecule has 5 nitrogen and oxygen atoms in total. The molecule has 0 radical (unpaired) electrons. The minimum absolute atomic E-state index is 0.0471. The molecule has 0 saturated carbocycles. The van der Waals surface area contributed by atoms with E-state index in [9.17, 15) is 4.79 Å². The molecule has 3 heterocycles. The zero-order chi connectivity index (χ0) is 16.5. The van der Waals surface area contributed by atoms with Gasteiger partial charge in [-0.3, -0.25) is 9.69 Å². The number of carbonyl (C=O) groups excluding carboxylic acids is 1. The van der Waals surface area contributed by atoms with Gasteiger partial charge in [0.15, 0.2) is 0 Å². The summed E-state index contributed by atoms with van der Waals surface area (Å²) in [6, 6.07) is 8.46. The number of hydrogen-bond acceptors (Lipinski definition) is 4. The topological polar surface area (TPSA) is 50.8 Å². The number of carbonyl (C=O) groups is 1. The van der Waals surface area contributed by atoms with E-state index in [1.54, 1.807) is 0 Å². The average Bonchev–Trinajstić information content (AvgIpc) is 3.06. The van der Waals surface area contributed by atoms with E-state index in [-0.39, 0.29) is 12.0 Å². The highest BCUT2D eigenvalue weighted by atomic mass is 16.5. The van der Waals surface area contributed by atoms with E-state index in [1.807, 2.05) is 31.2 Å². The highest BCUT2D eigenvalue weighted by Gasteiger charge is 2.32. The summed E-state index contributed by atoms with van der Waals surface area (Å²) >= 11 is 0. The SMILES string of the molecule is CC1=C(C(=O)NCC2CN3CCCC3CO2)Cc2ccccc2O1. The molecule has 128 valence electrons. The van der Waals surface area contributed by atoms with Crippen LogP contribution in [0.15, 0.2) is 35.6 Å². The Balaban J connectivity index is 1.35. The van der Waals surface area contributed by atoms with Crippen LogP contribution in [-0.4, -0.2) is 49.2 Å². The second-order valence-corrected chi connectivity index (χ2v) is 6.88. The lowest BCUT2D eigenvalue weighted by atomic mass is 10.00.